The molecule has 15 heavy (non-hydrogen) atoms. The van der Waals surface area contributed by atoms with Crippen molar-refractivity contribution < 1.29 is 19.7 Å². The van der Waals surface area contributed by atoms with Crippen LogP contribution in [0, 0.1) is 0 Å². The Morgan fingerprint density at radius 1 is 1.40 bits per heavy atom. The van der Waals surface area contributed by atoms with Gasteiger partial charge in [-0.15, -0.1) is 0 Å². The van der Waals surface area contributed by atoms with Gasteiger partial charge in [0.05, 0.1) is 16.7 Å². The second-order valence-electron chi connectivity index (χ2n) is 5.33. The molecule has 1 aliphatic heterocycles. The molecule has 0 aliphatic carbocycles. The summed E-state index contributed by atoms with van der Waals surface area (Å²) in [5.41, 5.74) is 3.35. The zero-order valence-electron chi connectivity index (χ0n) is 9.57. The van der Waals surface area contributed by atoms with E-state index < -0.39 is 28.8 Å². The van der Waals surface area contributed by atoms with Gasteiger partial charge in [0, 0.05) is 0 Å². The zero-order chi connectivity index (χ0) is 12.1. The second kappa shape index (κ2) is 3.17. The van der Waals surface area contributed by atoms with E-state index in [1.165, 1.54) is 0 Å². The largest absolute Gasteiger partial charge is 0.479 e. The van der Waals surface area contributed by atoms with E-state index in [2.05, 4.69) is 0 Å². The number of hydrogen-bond acceptors (Lipinski definition) is 4. The van der Waals surface area contributed by atoms with Gasteiger partial charge >= 0.3 is 5.97 Å². The first-order chi connectivity index (χ1) is 6.52. The molecule has 1 fully saturated rings. The molecule has 0 amide bonds. The van der Waals surface area contributed by atoms with Gasteiger partial charge in [0.1, 0.15) is 0 Å². The number of aliphatic hydroxyl groups is 1. The average molecular weight is 217 g/mol. The van der Waals surface area contributed by atoms with Crippen LogP contribution in [0.15, 0.2) is 0 Å². The van der Waals surface area contributed by atoms with Crippen LogP contribution < -0.4 is 5.73 Å². The maximum atomic E-state index is 10.8. The van der Waals surface area contributed by atoms with Crippen molar-refractivity contribution in [3.05, 3.63) is 0 Å². The quantitative estimate of drug-likeness (QED) is 0.610. The summed E-state index contributed by atoms with van der Waals surface area (Å²) in [5.74, 6) is -1.31. The monoisotopic (exact) mass is 217 g/mol. The van der Waals surface area contributed by atoms with E-state index >= 15 is 0 Å². The highest BCUT2D eigenvalue weighted by molar-refractivity contribution is 5.74. The fourth-order valence-corrected chi connectivity index (χ4v) is 2.39. The Balaban J connectivity index is 3.08. The summed E-state index contributed by atoms with van der Waals surface area (Å²) >= 11 is 0. The summed E-state index contributed by atoms with van der Waals surface area (Å²) in [6.07, 6.45) is -1.31. The summed E-state index contributed by atoms with van der Waals surface area (Å²) in [6, 6.07) is 0. The van der Waals surface area contributed by atoms with Gasteiger partial charge in [-0.25, -0.2) is 4.79 Å². The molecule has 2 unspecified atom stereocenters. The highest BCUT2D eigenvalue weighted by Crippen LogP contribution is 2.45. The smallest absolute Gasteiger partial charge is 0.334 e. The van der Waals surface area contributed by atoms with Crippen molar-refractivity contribution in [1.82, 2.24) is 0 Å². The molecule has 0 aromatic carbocycles. The van der Waals surface area contributed by atoms with Crippen LogP contribution in [0.25, 0.3) is 0 Å². The molecule has 2 atom stereocenters. The summed E-state index contributed by atoms with van der Waals surface area (Å²) in [7, 11) is 0. The number of ether oxygens (including phenoxy) is 1. The van der Waals surface area contributed by atoms with E-state index in [1.54, 1.807) is 13.8 Å². The number of rotatable bonds is 2. The van der Waals surface area contributed by atoms with Gasteiger partial charge < -0.3 is 20.7 Å². The molecule has 1 aliphatic rings. The van der Waals surface area contributed by atoms with Gasteiger partial charge in [0.15, 0.2) is 6.10 Å². The Morgan fingerprint density at radius 2 is 1.87 bits per heavy atom. The topological polar surface area (TPSA) is 92.8 Å². The van der Waals surface area contributed by atoms with Crippen LogP contribution in [-0.2, 0) is 9.53 Å². The third-order valence-electron chi connectivity index (χ3n) is 3.09. The van der Waals surface area contributed by atoms with Crippen molar-refractivity contribution >= 4 is 5.97 Å². The minimum absolute atomic E-state index is 0.306. The Bertz CT molecular complexity index is 287. The van der Waals surface area contributed by atoms with Crippen LogP contribution in [0.4, 0.5) is 0 Å². The lowest BCUT2D eigenvalue weighted by molar-refractivity contribution is -0.156. The lowest BCUT2D eigenvalue weighted by Gasteiger charge is -2.38. The molecule has 1 heterocycles. The lowest BCUT2D eigenvalue weighted by Crippen LogP contribution is -2.64. The fourth-order valence-electron chi connectivity index (χ4n) is 2.39. The second-order valence-corrected chi connectivity index (χ2v) is 5.33. The van der Waals surface area contributed by atoms with Gasteiger partial charge in [-0.3, -0.25) is 0 Å². The maximum Gasteiger partial charge on any atom is 0.334 e. The van der Waals surface area contributed by atoms with E-state index in [4.69, 9.17) is 15.6 Å². The predicted molar refractivity (Wildman–Crippen MR) is 54.4 cm³/mol. The molecule has 0 aromatic heterocycles. The number of aliphatic carboxylic acids is 1. The molecule has 5 nitrogen and oxygen atoms in total. The Labute approximate surface area is 89.2 Å². The van der Waals surface area contributed by atoms with E-state index in [9.17, 15) is 9.90 Å². The van der Waals surface area contributed by atoms with Crippen molar-refractivity contribution in [1.29, 1.82) is 0 Å². The number of aliphatic hydroxyl groups excluding tert-OH is 1. The Hall–Kier alpha value is -0.650. The van der Waals surface area contributed by atoms with Crippen molar-refractivity contribution in [2.24, 2.45) is 5.73 Å². The molecule has 0 spiro atoms. The van der Waals surface area contributed by atoms with Gasteiger partial charge in [0.25, 0.3) is 0 Å². The van der Waals surface area contributed by atoms with Crippen molar-refractivity contribution in [3.8, 4) is 0 Å². The van der Waals surface area contributed by atoms with Crippen LogP contribution in [0.2, 0.25) is 0 Å². The molecular formula is C10H19NO4. The van der Waals surface area contributed by atoms with Crippen molar-refractivity contribution in [3.63, 3.8) is 0 Å². The standard InChI is InChI=1S/C10H19NO4/c1-8(2)5-10(11,6(12)7(13)14)9(3,4)15-8/h6,12H,5,11H2,1-4H3,(H,13,14). The molecule has 1 rings (SSSR count). The van der Waals surface area contributed by atoms with Gasteiger partial charge in [-0.05, 0) is 34.1 Å². The summed E-state index contributed by atoms with van der Waals surface area (Å²) in [6.45, 7) is 7.07. The first-order valence-electron chi connectivity index (χ1n) is 4.92. The summed E-state index contributed by atoms with van der Waals surface area (Å²) < 4.78 is 5.67. The van der Waals surface area contributed by atoms with Crippen molar-refractivity contribution in [2.45, 2.75) is 57.0 Å². The van der Waals surface area contributed by atoms with Crippen LogP contribution in [0.1, 0.15) is 34.1 Å². The van der Waals surface area contributed by atoms with E-state index in [-0.39, 0.29) is 0 Å². The Kier molecular flexibility index (Phi) is 2.62. The third-order valence-corrected chi connectivity index (χ3v) is 3.09. The minimum atomic E-state index is -1.62. The normalized spacial score (nSPS) is 35.1. The first-order valence-corrected chi connectivity index (χ1v) is 4.92. The van der Waals surface area contributed by atoms with Crippen LogP contribution in [-0.4, -0.2) is 39.0 Å². The SMILES string of the molecule is CC1(C)CC(N)(C(O)C(=O)O)C(C)(C)O1. The van der Waals surface area contributed by atoms with Crippen LogP contribution in [0.3, 0.4) is 0 Å². The highest BCUT2D eigenvalue weighted by atomic mass is 16.5. The predicted octanol–water partition coefficient (Wildman–Crippen LogP) is 0.107. The van der Waals surface area contributed by atoms with Crippen LogP contribution in [0.5, 0.6) is 0 Å². The van der Waals surface area contributed by atoms with E-state index in [0.29, 0.717) is 6.42 Å². The molecule has 1 saturated heterocycles. The molecule has 88 valence electrons. The average Bonchev–Trinajstić information content (AvgIpc) is 2.14. The highest BCUT2D eigenvalue weighted by Gasteiger charge is 2.60. The molecule has 0 radical (unpaired) electrons. The number of carboxylic acid groups (broad SMARTS) is 1. The maximum absolute atomic E-state index is 10.8. The fraction of sp³-hybridized carbons (Fsp3) is 0.900. The molecule has 0 saturated carbocycles. The molecule has 0 bridgehead atoms. The van der Waals surface area contributed by atoms with E-state index in [0.717, 1.165) is 0 Å². The molecule has 5 heteroatoms. The first kappa shape index (κ1) is 12.4. The number of carboxylic acids is 1. The van der Waals surface area contributed by atoms with Crippen molar-refractivity contribution in [2.75, 3.05) is 0 Å². The zero-order valence-corrected chi connectivity index (χ0v) is 9.57. The van der Waals surface area contributed by atoms with Gasteiger partial charge in [-0.1, -0.05) is 0 Å². The minimum Gasteiger partial charge on any atom is -0.479 e. The lowest BCUT2D eigenvalue weighted by atomic mass is 9.75. The number of nitrogens with two attached hydrogens (primary N) is 1. The molecule has 0 aromatic rings. The van der Waals surface area contributed by atoms with Crippen LogP contribution >= 0.6 is 0 Å². The van der Waals surface area contributed by atoms with Gasteiger partial charge in [-0.2, -0.15) is 0 Å². The molecular weight excluding hydrogens is 198 g/mol. The number of hydrogen-bond donors (Lipinski definition) is 3. The number of carbonyl (C=O) groups is 1. The summed E-state index contributed by atoms with van der Waals surface area (Å²) in [5, 5.41) is 18.5. The molecule has 4 N–H and O–H groups in total. The Morgan fingerprint density at radius 3 is 2.13 bits per heavy atom. The summed E-state index contributed by atoms with van der Waals surface area (Å²) in [4.78, 5) is 10.8. The van der Waals surface area contributed by atoms with E-state index in [1.807, 2.05) is 13.8 Å². The van der Waals surface area contributed by atoms with Gasteiger partial charge in [0.2, 0.25) is 0 Å². The third kappa shape index (κ3) is 1.87.